The Labute approximate surface area is 75.1 Å². The van der Waals surface area contributed by atoms with Crippen molar-refractivity contribution in [3.63, 3.8) is 0 Å². The van der Waals surface area contributed by atoms with E-state index < -0.39 is 0 Å². The van der Waals surface area contributed by atoms with Gasteiger partial charge in [-0.1, -0.05) is 12.8 Å². The summed E-state index contributed by atoms with van der Waals surface area (Å²) in [6.45, 7) is 6.08. The third-order valence-electron chi connectivity index (χ3n) is 2.82. The fourth-order valence-electron chi connectivity index (χ4n) is 1.80. The molecule has 1 aliphatic heterocycles. The molecule has 0 aromatic carbocycles. The summed E-state index contributed by atoms with van der Waals surface area (Å²) in [6.07, 6.45) is 6.50. The summed E-state index contributed by atoms with van der Waals surface area (Å²) in [6, 6.07) is 0. The average Bonchev–Trinajstić information content (AvgIpc) is 2.09. The predicted octanol–water partition coefficient (Wildman–Crippen LogP) is 0.536. The third-order valence-corrected chi connectivity index (χ3v) is 2.82. The summed E-state index contributed by atoms with van der Waals surface area (Å²) < 4.78 is 0. The number of nitrogens with zero attached hydrogens (tertiary/aromatic N) is 1. The van der Waals surface area contributed by atoms with E-state index in [1.54, 1.807) is 0 Å². The predicted molar refractivity (Wildman–Crippen MR) is 51.6 cm³/mol. The highest BCUT2D eigenvalue weighted by Gasteiger charge is 2.23. The van der Waals surface area contributed by atoms with Gasteiger partial charge in [0, 0.05) is 6.54 Å². The van der Waals surface area contributed by atoms with Gasteiger partial charge in [0.25, 0.3) is 0 Å². The van der Waals surface area contributed by atoms with E-state index in [1.165, 1.54) is 6.42 Å². The molecule has 1 fully saturated rings. The molecule has 1 heterocycles. The van der Waals surface area contributed by atoms with Crippen LogP contribution in [0, 0.1) is 24.2 Å². The molecule has 0 saturated carbocycles. The number of rotatable bonds is 2. The van der Waals surface area contributed by atoms with Crippen LogP contribution >= 0.6 is 0 Å². The van der Waals surface area contributed by atoms with Gasteiger partial charge in [-0.25, -0.2) is 0 Å². The van der Waals surface area contributed by atoms with Crippen molar-refractivity contribution in [2.45, 2.75) is 13.3 Å². The van der Waals surface area contributed by atoms with E-state index in [0.29, 0.717) is 5.92 Å². The summed E-state index contributed by atoms with van der Waals surface area (Å²) >= 11 is 0. The SMILES string of the molecule is C#CCN1CCC(C)C(CN)C1. The first-order valence-electron chi connectivity index (χ1n) is 4.63. The third kappa shape index (κ3) is 2.23. The molecule has 2 N–H and O–H groups in total. The highest BCUT2D eigenvalue weighted by molar-refractivity contribution is 4.90. The Morgan fingerprint density at radius 2 is 2.42 bits per heavy atom. The molecule has 0 aromatic rings. The molecule has 12 heavy (non-hydrogen) atoms. The summed E-state index contributed by atoms with van der Waals surface area (Å²) in [4.78, 5) is 2.32. The Hall–Kier alpha value is -0.520. The van der Waals surface area contributed by atoms with Crippen molar-refractivity contribution < 1.29 is 0 Å². The van der Waals surface area contributed by atoms with E-state index >= 15 is 0 Å². The van der Waals surface area contributed by atoms with Crippen molar-refractivity contribution in [3.8, 4) is 12.3 Å². The number of terminal acetylenes is 1. The van der Waals surface area contributed by atoms with Gasteiger partial charge >= 0.3 is 0 Å². The van der Waals surface area contributed by atoms with Crippen molar-refractivity contribution in [2.75, 3.05) is 26.2 Å². The molecule has 0 bridgehead atoms. The first-order chi connectivity index (χ1) is 5.77. The molecule has 1 saturated heterocycles. The lowest BCUT2D eigenvalue weighted by Gasteiger charge is -2.35. The van der Waals surface area contributed by atoms with Crippen LogP contribution in [-0.2, 0) is 0 Å². The topological polar surface area (TPSA) is 29.3 Å². The van der Waals surface area contributed by atoms with Crippen molar-refractivity contribution in [2.24, 2.45) is 17.6 Å². The molecule has 0 amide bonds. The fourth-order valence-corrected chi connectivity index (χ4v) is 1.80. The Bertz CT molecular complexity index is 171. The summed E-state index contributed by atoms with van der Waals surface area (Å²) in [5.41, 5.74) is 5.67. The summed E-state index contributed by atoms with van der Waals surface area (Å²) in [5.74, 6) is 4.10. The van der Waals surface area contributed by atoms with Crippen molar-refractivity contribution in [3.05, 3.63) is 0 Å². The maximum absolute atomic E-state index is 5.67. The van der Waals surface area contributed by atoms with Crippen LogP contribution in [0.1, 0.15) is 13.3 Å². The second-order valence-electron chi connectivity index (χ2n) is 3.70. The molecular formula is C10H18N2. The molecule has 2 heteroatoms. The Kier molecular flexibility index (Phi) is 3.58. The lowest BCUT2D eigenvalue weighted by molar-refractivity contribution is 0.146. The standard InChI is InChI=1S/C10H18N2/c1-3-5-12-6-4-9(2)10(7-11)8-12/h1,9-10H,4-8,11H2,2H3. The van der Waals surface area contributed by atoms with E-state index in [0.717, 1.165) is 32.1 Å². The number of piperidine rings is 1. The molecule has 2 atom stereocenters. The van der Waals surface area contributed by atoms with Crippen molar-refractivity contribution in [1.29, 1.82) is 0 Å². The zero-order valence-corrected chi connectivity index (χ0v) is 7.79. The largest absolute Gasteiger partial charge is 0.330 e. The van der Waals surface area contributed by atoms with Crippen LogP contribution in [0.3, 0.4) is 0 Å². The van der Waals surface area contributed by atoms with Crippen LogP contribution < -0.4 is 5.73 Å². The van der Waals surface area contributed by atoms with Gasteiger partial charge < -0.3 is 5.73 Å². The highest BCUT2D eigenvalue weighted by Crippen LogP contribution is 2.21. The molecule has 0 radical (unpaired) electrons. The van der Waals surface area contributed by atoms with Crippen LogP contribution in [0.4, 0.5) is 0 Å². The molecule has 68 valence electrons. The smallest absolute Gasteiger partial charge is 0.0599 e. The molecule has 0 aliphatic carbocycles. The minimum absolute atomic E-state index is 0.645. The molecule has 1 rings (SSSR count). The van der Waals surface area contributed by atoms with Gasteiger partial charge in [-0.3, -0.25) is 4.90 Å². The first kappa shape index (κ1) is 9.57. The first-order valence-corrected chi connectivity index (χ1v) is 4.63. The lowest BCUT2D eigenvalue weighted by Crippen LogP contribution is -2.42. The van der Waals surface area contributed by atoms with Crippen LogP contribution in [0.2, 0.25) is 0 Å². The van der Waals surface area contributed by atoms with E-state index in [1.807, 2.05) is 0 Å². The number of hydrogen-bond donors (Lipinski definition) is 1. The second kappa shape index (κ2) is 4.49. The average molecular weight is 166 g/mol. The Balaban J connectivity index is 2.39. The maximum Gasteiger partial charge on any atom is 0.0599 e. The molecule has 2 unspecified atom stereocenters. The molecule has 2 nitrogen and oxygen atoms in total. The number of likely N-dealkylation sites (tertiary alicyclic amines) is 1. The van der Waals surface area contributed by atoms with Crippen LogP contribution in [0.15, 0.2) is 0 Å². The maximum atomic E-state index is 5.67. The van der Waals surface area contributed by atoms with Gasteiger partial charge in [0.2, 0.25) is 0 Å². The van der Waals surface area contributed by atoms with E-state index in [9.17, 15) is 0 Å². The Morgan fingerprint density at radius 3 is 3.00 bits per heavy atom. The monoisotopic (exact) mass is 166 g/mol. The van der Waals surface area contributed by atoms with Gasteiger partial charge in [-0.05, 0) is 31.3 Å². The van der Waals surface area contributed by atoms with Gasteiger partial charge in [-0.2, -0.15) is 0 Å². The van der Waals surface area contributed by atoms with Crippen molar-refractivity contribution >= 4 is 0 Å². The van der Waals surface area contributed by atoms with Crippen LogP contribution in [0.25, 0.3) is 0 Å². The Morgan fingerprint density at radius 1 is 1.67 bits per heavy atom. The van der Waals surface area contributed by atoms with E-state index in [-0.39, 0.29) is 0 Å². The summed E-state index contributed by atoms with van der Waals surface area (Å²) in [5, 5.41) is 0. The number of nitrogens with two attached hydrogens (primary N) is 1. The van der Waals surface area contributed by atoms with Crippen LogP contribution in [0.5, 0.6) is 0 Å². The van der Waals surface area contributed by atoms with Crippen LogP contribution in [-0.4, -0.2) is 31.1 Å². The lowest BCUT2D eigenvalue weighted by atomic mass is 9.87. The summed E-state index contributed by atoms with van der Waals surface area (Å²) in [7, 11) is 0. The molecular weight excluding hydrogens is 148 g/mol. The molecule has 1 aliphatic rings. The zero-order chi connectivity index (χ0) is 8.97. The fraction of sp³-hybridized carbons (Fsp3) is 0.800. The van der Waals surface area contributed by atoms with Crippen molar-refractivity contribution in [1.82, 2.24) is 4.90 Å². The minimum Gasteiger partial charge on any atom is -0.330 e. The quantitative estimate of drug-likeness (QED) is 0.607. The number of hydrogen-bond acceptors (Lipinski definition) is 2. The highest BCUT2D eigenvalue weighted by atomic mass is 15.1. The van der Waals surface area contributed by atoms with Gasteiger partial charge in [0.15, 0.2) is 0 Å². The van der Waals surface area contributed by atoms with Gasteiger partial charge in [0.1, 0.15) is 0 Å². The zero-order valence-electron chi connectivity index (χ0n) is 7.79. The van der Waals surface area contributed by atoms with E-state index in [4.69, 9.17) is 12.2 Å². The van der Waals surface area contributed by atoms with Gasteiger partial charge in [0.05, 0.1) is 6.54 Å². The van der Waals surface area contributed by atoms with Gasteiger partial charge in [-0.15, -0.1) is 6.42 Å². The second-order valence-corrected chi connectivity index (χ2v) is 3.70. The molecule has 0 spiro atoms. The molecule has 0 aromatic heterocycles. The van der Waals surface area contributed by atoms with E-state index in [2.05, 4.69) is 17.7 Å². The minimum atomic E-state index is 0.645. The normalized spacial score (nSPS) is 31.4.